The average molecular weight is 417 g/mol. The highest BCUT2D eigenvalue weighted by molar-refractivity contribution is 8.18. The van der Waals surface area contributed by atoms with Crippen molar-refractivity contribution < 1.29 is 33.0 Å². The van der Waals surface area contributed by atoms with Crippen LogP contribution in [0.15, 0.2) is 39.7 Å². The molecular weight excluding hydrogens is 398 g/mol. The molecule has 0 bridgehead atoms. The summed E-state index contributed by atoms with van der Waals surface area (Å²) in [5.74, 6) is 0.585. The Morgan fingerprint density at radius 1 is 1.17 bits per heavy atom. The van der Waals surface area contributed by atoms with E-state index in [0.29, 0.717) is 34.3 Å². The Kier molecular flexibility index (Phi) is 6.28. The molecule has 0 N–H and O–H groups in total. The van der Waals surface area contributed by atoms with Gasteiger partial charge in [0.1, 0.15) is 12.4 Å². The van der Waals surface area contributed by atoms with Gasteiger partial charge < -0.3 is 18.6 Å². The SMILES string of the molecule is CCN1C(=O)S/C(=C/c2ccc(OCc3ccc(C(=O)OC)o3)c(OC)c2)C1=O. The highest BCUT2D eigenvalue weighted by Crippen LogP contribution is 2.34. The summed E-state index contributed by atoms with van der Waals surface area (Å²) in [6.45, 7) is 2.17. The third-order valence-electron chi connectivity index (χ3n) is 4.09. The quantitative estimate of drug-likeness (QED) is 0.497. The second-order valence-electron chi connectivity index (χ2n) is 5.88. The molecule has 2 aromatic rings. The van der Waals surface area contributed by atoms with Crippen LogP contribution in [-0.2, 0) is 16.1 Å². The lowest BCUT2D eigenvalue weighted by Crippen LogP contribution is -2.27. The van der Waals surface area contributed by atoms with Crippen LogP contribution in [0.2, 0.25) is 0 Å². The van der Waals surface area contributed by atoms with Crippen molar-refractivity contribution in [1.82, 2.24) is 4.90 Å². The third-order valence-corrected chi connectivity index (χ3v) is 5.00. The fourth-order valence-electron chi connectivity index (χ4n) is 2.63. The topological polar surface area (TPSA) is 95.3 Å². The summed E-state index contributed by atoms with van der Waals surface area (Å²) in [5.41, 5.74) is 0.696. The molecular formula is C20H19NO7S. The highest BCUT2D eigenvalue weighted by atomic mass is 32.2. The van der Waals surface area contributed by atoms with Gasteiger partial charge in [-0.05, 0) is 54.6 Å². The Morgan fingerprint density at radius 3 is 2.62 bits per heavy atom. The van der Waals surface area contributed by atoms with Gasteiger partial charge in [-0.1, -0.05) is 6.07 Å². The molecule has 8 nitrogen and oxygen atoms in total. The number of ether oxygens (including phenoxy) is 3. The number of amides is 2. The Morgan fingerprint density at radius 2 is 1.97 bits per heavy atom. The Bertz CT molecular complexity index is 979. The van der Waals surface area contributed by atoms with Gasteiger partial charge in [-0.15, -0.1) is 0 Å². The predicted octanol–water partition coefficient (Wildman–Crippen LogP) is 3.71. The van der Waals surface area contributed by atoms with Crippen LogP contribution in [0.3, 0.4) is 0 Å². The van der Waals surface area contributed by atoms with Crippen LogP contribution >= 0.6 is 11.8 Å². The van der Waals surface area contributed by atoms with Crippen LogP contribution in [0.1, 0.15) is 28.8 Å². The number of thioether (sulfide) groups is 1. The van der Waals surface area contributed by atoms with Crippen molar-refractivity contribution in [3.8, 4) is 11.5 Å². The lowest BCUT2D eigenvalue weighted by molar-refractivity contribution is -0.122. The number of likely N-dealkylation sites (N-methyl/N-ethyl adjacent to an activating group) is 1. The summed E-state index contributed by atoms with van der Waals surface area (Å²) in [5, 5.41) is -0.277. The maximum atomic E-state index is 12.2. The molecule has 0 saturated carbocycles. The van der Waals surface area contributed by atoms with E-state index in [-0.39, 0.29) is 23.5 Å². The zero-order chi connectivity index (χ0) is 21.0. The van der Waals surface area contributed by atoms with E-state index in [1.165, 1.54) is 25.2 Å². The maximum absolute atomic E-state index is 12.2. The number of methoxy groups -OCH3 is 2. The Balaban J connectivity index is 1.73. The number of nitrogens with zero attached hydrogens (tertiary/aromatic N) is 1. The maximum Gasteiger partial charge on any atom is 0.373 e. The van der Waals surface area contributed by atoms with Gasteiger partial charge in [0.15, 0.2) is 11.5 Å². The van der Waals surface area contributed by atoms with E-state index >= 15 is 0 Å². The molecule has 1 fully saturated rings. The minimum absolute atomic E-state index is 0.0854. The molecule has 1 aromatic carbocycles. The zero-order valence-corrected chi connectivity index (χ0v) is 16.9. The van der Waals surface area contributed by atoms with E-state index in [9.17, 15) is 14.4 Å². The standard InChI is InChI=1S/C20H19NO7S/c1-4-21-18(22)17(29-20(21)24)10-12-5-7-14(16(9-12)25-2)27-11-13-6-8-15(28-13)19(23)26-3/h5-10H,4,11H2,1-3H3/b17-10+. The molecule has 2 amide bonds. The lowest BCUT2D eigenvalue weighted by Gasteiger charge is -2.10. The van der Waals surface area contributed by atoms with Crippen molar-refractivity contribution in [3.63, 3.8) is 0 Å². The second kappa shape index (κ2) is 8.87. The van der Waals surface area contributed by atoms with Gasteiger partial charge in [-0.2, -0.15) is 0 Å². The number of furan rings is 1. The van der Waals surface area contributed by atoms with Crippen molar-refractivity contribution in [2.24, 2.45) is 0 Å². The molecule has 1 saturated heterocycles. The van der Waals surface area contributed by atoms with Crippen LogP contribution in [0.5, 0.6) is 11.5 Å². The van der Waals surface area contributed by atoms with E-state index in [1.807, 2.05) is 0 Å². The summed E-state index contributed by atoms with van der Waals surface area (Å²) in [6, 6.07) is 8.28. The van der Waals surface area contributed by atoms with Gasteiger partial charge in [0, 0.05) is 6.54 Å². The first kappa shape index (κ1) is 20.5. The fraction of sp³-hybridized carbons (Fsp3) is 0.250. The summed E-state index contributed by atoms with van der Waals surface area (Å²) >= 11 is 0.909. The second-order valence-corrected chi connectivity index (χ2v) is 6.88. The molecule has 0 unspecified atom stereocenters. The average Bonchev–Trinajstić information content (AvgIpc) is 3.30. The third kappa shape index (κ3) is 4.45. The fourth-order valence-corrected chi connectivity index (χ4v) is 3.53. The first-order chi connectivity index (χ1) is 14.0. The van der Waals surface area contributed by atoms with Crippen molar-refractivity contribution in [2.75, 3.05) is 20.8 Å². The van der Waals surface area contributed by atoms with Gasteiger partial charge in [0.25, 0.3) is 11.1 Å². The predicted molar refractivity (Wildman–Crippen MR) is 106 cm³/mol. The normalized spacial score (nSPS) is 15.1. The molecule has 3 rings (SSSR count). The Labute approximate surface area is 171 Å². The zero-order valence-electron chi connectivity index (χ0n) is 16.1. The highest BCUT2D eigenvalue weighted by Gasteiger charge is 2.33. The molecule has 1 aliphatic rings. The first-order valence-corrected chi connectivity index (χ1v) is 9.51. The summed E-state index contributed by atoms with van der Waals surface area (Å²) in [4.78, 5) is 37.0. The van der Waals surface area contributed by atoms with Crippen molar-refractivity contribution in [3.05, 3.63) is 52.3 Å². The lowest BCUT2D eigenvalue weighted by atomic mass is 10.2. The largest absolute Gasteiger partial charge is 0.493 e. The number of hydrogen-bond acceptors (Lipinski definition) is 8. The van der Waals surface area contributed by atoms with Crippen LogP contribution < -0.4 is 9.47 Å². The van der Waals surface area contributed by atoms with E-state index in [4.69, 9.17) is 13.9 Å². The summed E-state index contributed by atoms with van der Waals surface area (Å²) in [6.07, 6.45) is 1.64. The molecule has 0 radical (unpaired) electrons. The summed E-state index contributed by atoms with van der Waals surface area (Å²) in [7, 11) is 2.77. The molecule has 152 valence electrons. The number of imide groups is 1. The Hall–Kier alpha value is -3.20. The van der Waals surface area contributed by atoms with Gasteiger partial charge in [-0.3, -0.25) is 14.5 Å². The number of carbonyl (C=O) groups is 3. The molecule has 0 aliphatic carbocycles. The van der Waals surface area contributed by atoms with Crippen molar-refractivity contribution in [2.45, 2.75) is 13.5 Å². The van der Waals surface area contributed by atoms with Gasteiger partial charge in [-0.25, -0.2) is 4.79 Å². The van der Waals surface area contributed by atoms with Crippen LogP contribution in [0.25, 0.3) is 6.08 Å². The number of rotatable bonds is 7. The molecule has 1 aromatic heterocycles. The van der Waals surface area contributed by atoms with Gasteiger partial charge >= 0.3 is 5.97 Å². The molecule has 0 atom stereocenters. The molecule has 1 aliphatic heterocycles. The van der Waals surface area contributed by atoms with E-state index < -0.39 is 5.97 Å². The van der Waals surface area contributed by atoms with E-state index in [2.05, 4.69) is 4.74 Å². The van der Waals surface area contributed by atoms with E-state index in [1.54, 1.807) is 37.3 Å². The van der Waals surface area contributed by atoms with Crippen LogP contribution in [-0.4, -0.2) is 42.8 Å². The monoisotopic (exact) mass is 417 g/mol. The van der Waals surface area contributed by atoms with Crippen molar-refractivity contribution >= 4 is 35.0 Å². The number of hydrogen-bond donors (Lipinski definition) is 0. The van der Waals surface area contributed by atoms with Crippen LogP contribution in [0, 0.1) is 0 Å². The van der Waals surface area contributed by atoms with Gasteiger partial charge in [0.05, 0.1) is 19.1 Å². The molecule has 0 spiro atoms. The van der Waals surface area contributed by atoms with Crippen LogP contribution in [0.4, 0.5) is 4.79 Å². The minimum Gasteiger partial charge on any atom is -0.493 e. The minimum atomic E-state index is -0.564. The van der Waals surface area contributed by atoms with Crippen molar-refractivity contribution in [1.29, 1.82) is 0 Å². The number of benzene rings is 1. The van der Waals surface area contributed by atoms with Gasteiger partial charge in [0.2, 0.25) is 5.76 Å². The molecule has 29 heavy (non-hydrogen) atoms. The molecule has 2 heterocycles. The smallest absolute Gasteiger partial charge is 0.373 e. The summed E-state index contributed by atoms with van der Waals surface area (Å²) < 4.78 is 21.0. The number of esters is 1. The first-order valence-electron chi connectivity index (χ1n) is 8.70. The van der Waals surface area contributed by atoms with E-state index in [0.717, 1.165) is 11.8 Å². The number of carbonyl (C=O) groups excluding carboxylic acids is 3. The molecule has 9 heteroatoms.